The van der Waals surface area contributed by atoms with E-state index < -0.39 is 17.7 Å². The van der Waals surface area contributed by atoms with E-state index in [0.717, 1.165) is 21.8 Å². The Kier molecular flexibility index (Phi) is 5.85. The molecule has 122 valence electrons. The molecule has 0 aliphatic carbocycles. The number of rotatable bonds is 5. The fourth-order valence-electron chi connectivity index (χ4n) is 2.17. The zero-order valence-corrected chi connectivity index (χ0v) is 14.4. The Labute approximate surface area is 142 Å². The summed E-state index contributed by atoms with van der Waals surface area (Å²) in [5, 5.41) is 5.72. The molecule has 3 nitrogen and oxygen atoms in total. The molecule has 0 fully saturated rings. The Morgan fingerprint density at radius 2 is 1.96 bits per heavy atom. The molecule has 0 radical (unpaired) electrons. The quantitative estimate of drug-likeness (QED) is 0.807. The molecule has 0 saturated carbocycles. The lowest BCUT2D eigenvalue weighted by Gasteiger charge is -2.15. The minimum Gasteiger partial charge on any atom is -0.325 e. The summed E-state index contributed by atoms with van der Waals surface area (Å²) in [5.74, 6) is -1.49. The molecule has 2 rings (SSSR count). The van der Waals surface area contributed by atoms with Crippen molar-refractivity contribution in [3.63, 3.8) is 0 Å². The molecule has 0 bridgehead atoms. The molecule has 0 heterocycles. The third kappa shape index (κ3) is 4.84. The van der Waals surface area contributed by atoms with Gasteiger partial charge in [0.2, 0.25) is 5.91 Å². The smallest absolute Gasteiger partial charge is 0.238 e. The van der Waals surface area contributed by atoms with Gasteiger partial charge in [-0.25, -0.2) is 8.78 Å². The van der Waals surface area contributed by atoms with Crippen LogP contribution in [0, 0.1) is 18.6 Å². The van der Waals surface area contributed by atoms with Gasteiger partial charge in [0.25, 0.3) is 0 Å². The van der Waals surface area contributed by atoms with Crippen LogP contribution in [0.15, 0.2) is 40.9 Å². The zero-order chi connectivity index (χ0) is 17.0. The van der Waals surface area contributed by atoms with Gasteiger partial charge in [-0.1, -0.05) is 22.0 Å². The topological polar surface area (TPSA) is 41.1 Å². The number of hydrogen-bond donors (Lipinski definition) is 2. The third-order valence-electron chi connectivity index (χ3n) is 3.46. The van der Waals surface area contributed by atoms with E-state index in [1.165, 1.54) is 12.1 Å². The Morgan fingerprint density at radius 3 is 2.61 bits per heavy atom. The van der Waals surface area contributed by atoms with Gasteiger partial charge in [0.05, 0.1) is 6.54 Å². The molecular weight excluding hydrogens is 366 g/mol. The third-order valence-corrected chi connectivity index (χ3v) is 3.95. The van der Waals surface area contributed by atoms with E-state index >= 15 is 0 Å². The predicted octanol–water partition coefficient (Wildman–Crippen LogP) is 4.33. The van der Waals surface area contributed by atoms with Crippen molar-refractivity contribution in [1.29, 1.82) is 0 Å². The first-order valence-corrected chi connectivity index (χ1v) is 7.90. The van der Waals surface area contributed by atoms with Crippen LogP contribution in [0.4, 0.5) is 14.5 Å². The lowest BCUT2D eigenvalue weighted by atomic mass is 10.1. The maximum Gasteiger partial charge on any atom is 0.238 e. The summed E-state index contributed by atoms with van der Waals surface area (Å²) >= 11 is 3.36. The molecule has 0 aliphatic heterocycles. The molecule has 0 unspecified atom stereocenters. The van der Waals surface area contributed by atoms with E-state index in [4.69, 9.17) is 0 Å². The summed E-state index contributed by atoms with van der Waals surface area (Å²) in [6.45, 7) is 3.63. The molecule has 0 spiro atoms. The minimum absolute atomic E-state index is 0.0213. The fourth-order valence-corrected chi connectivity index (χ4v) is 2.65. The fraction of sp³-hybridized carbons (Fsp3) is 0.235. The molecule has 0 saturated heterocycles. The van der Waals surface area contributed by atoms with Crippen LogP contribution in [-0.2, 0) is 4.79 Å². The standard InChI is InChI=1S/C17H17BrF2N2O/c1-10-7-12(18)3-6-16(10)22-17(23)9-21-11(2)14-5-4-13(19)8-15(14)20/h3-8,11,21H,9H2,1-2H3,(H,22,23)/t11-/m0/s1. The molecule has 2 aromatic rings. The van der Waals surface area contributed by atoms with Crippen LogP contribution < -0.4 is 10.6 Å². The van der Waals surface area contributed by atoms with Crippen molar-refractivity contribution in [2.75, 3.05) is 11.9 Å². The Bertz CT molecular complexity index is 722. The lowest BCUT2D eigenvalue weighted by molar-refractivity contribution is -0.115. The number of carbonyl (C=O) groups excluding carboxylic acids is 1. The average molecular weight is 383 g/mol. The molecule has 2 N–H and O–H groups in total. The van der Waals surface area contributed by atoms with E-state index in [0.29, 0.717) is 5.56 Å². The number of benzene rings is 2. The summed E-state index contributed by atoms with van der Waals surface area (Å²) in [6.07, 6.45) is 0. The highest BCUT2D eigenvalue weighted by molar-refractivity contribution is 9.10. The number of carbonyl (C=O) groups is 1. The normalized spacial score (nSPS) is 12.0. The first-order valence-electron chi connectivity index (χ1n) is 7.11. The van der Waals surface area contributed by atoms with E-state index in [9.17, 15) is 13.6 Å². The first kappa shape index (κ1) is 17.6. The molecule has 6 heteroatoms. The number of amides is 1. The van der Waals surface area contributed by atoms with Crippen LogP contribution in [0.5, 0.6) is 0 Å². The van der Waals surface area contributed by atoms with Gasteiger partial charge in [0, 0.05) is 27.8 Å². The van der Waals surface area contributed by atoms with Crippen LogP contribution in [0.1, 0.15) is 24.1 Å². The molecule has 0 aliphatic rings. The molecule has 2 aromatic carbocycles. The van der Waals surface area contributed by atoms with Crippen LogP contribution in [0.3, 0.4) is 0 Å². The van der Waals surface area contributed by atoms with Crippen molar-refractivity contribution in [2.24, 2.45) is 0 Å². The van der Waals surface area contributed by atoms with Gasteiger partial charge in [-0.05, 0) is 43.7 Å². The Hall–Kier alpha value is -1.79. The van der Waals surface area contributed by atoms with Gasteiger partial charge in [-0.3, -0.25) is 4.79 Å². The zero-order valence-electron chi connectivity index (χ0n) is 12.8. The monoisotopic (exact) mass is 382 g/mol. The second-order valence-electron chi connectivity index (χ2n) is 5.28. The second kappa shape index (κ2) is 7.66. The van der Waals surface area contributed by atoms with Crippen molar-refractivity contribution in [3.8, 4) is 0 Å². The summed E-state index contributed by atoms with van der Waals surface area (Å²) in [4.78, 5) is 12.0. The van der Waals surface area contributed by atoms with Crippen molar-refractivity contribution in [3.05, 3.63) is 63.6 Å². The highest BCUT2D eigenvalue weighted by Crippen LogP contribution is 2.20. The highest BCUT2D eigenvalue weighted by atomic mass is 79.9. The van der Waals surface area contributed by atoms with E-state index in [-0.39, 0.29) is 12.5 Å². The van der Waals surface area contributed by atoms with Crippen molar-refractivity contribution < 1.29 is 13.6 Å². The largest absolute Gasteiger partial charge is 0.325 e. The Morgan fingerprint density at radius 1 is 1.22 bits per heavy atom. The van der Waals surface area contributed by atoms with E-state index in [1.54, 1.807) is 13.0 Å². The summed E-state index contributed by atoms with van der Waals surface area (Å²) in [6, 6.07) is 8.54. The van der Waals surface area contributed by atoms with Crippen molar-refractivity contribution in [1.82, 2.24) is 5.32 Å². The molecular formula is C17H17BrF2N2O. The van der Waals surface area contributed by atoms with Crippen molar-refractivity contribution in [2.45, 2.75) is 19.9 Å². The Balaban J connectivity index is 1.93. The highest BCUT2D eigenvalue weighted by Gasteiger charge is 2.13. The predicted molar refractivity (Wildman–Crippen MR) is 90.3 cm³/mol. The summed E-state index contributed by atoms with van der Waals surface area (Å²) in [5.41, 5.74) is 1.98. The minimum atomic E-state index is -0.630. The maximum atomic E-state index is 13.7. The second-order valence-corrected chi connectivity index (χ2v) is 6.19. The van der Waals surface area contributed by atoms with Crippen LogP contribution >= 0.6 is 15.9 Å². The number of anilines is 1. The molecule has 1 atom stereocenters. The van der Waals surface area contributed by atoms with Crippen LogP contribution in [-0.4, -0.2) is 12.5 Å². The van der Waals surface area contributed by atoms with Gasteiger partial charge in [0.1, 0.15) is 11.6 Å². The van der Waals surface area contributed by atoms with Crippen molar-refractivity contribution >= 4 is 27.5 Å². The number of halogens is 3. The maximum absolute atomic E-state index is 13.7. The summed E-state index contributed by atoms with van der Waals surface area (Å²) < 4.78 is 27.5. The molecule has 23 heavy (non-hydrogen) atoms. The molecule has 1 amide bonds. The average Bonchev–Trinajstić information content (AvgIpc) is 2.48. The number of nitrogens with one attached hydrogen (secondary N) is 2. The van der Waals surface area contributed by atoms with Gasteiger partial charge < -0.3 is 10.6 Å². The van der Waals surface area contributed by atoms with Gasteiger partial charge in [-0.2, -0.15) is 0 Å². The van der Waals surface area contributed by atoms with Gasteiger partial charge in [0.15, 0.2) is 0 Å². The number of aryl methyl sites for hydroxylation is 1. The number of hydrogen-bond acceptors (Lipinski definition) is 2. The van der Waals surface area contributed by atoms with Crippen LogP contribution in [0.25, 0.3) is 0 Å². The molecule has 0 aromatic heterocycles. The summed E-state index contributed by atoms with van der Waals surface area (Å²) in [7, 11) is 0. The van der Waals surface area contributed by atoms with Crippen LogP contribution in [0.2, 0.25) is 0 Å². The van der Waals surface area contributed by atoms with Gasteiger partial charge >= 0.3 is 0 Å². The SMILES string of the molecule is Cc1cc(Br)ccc1NC(=O)CN[C@@H](C)c1ccc(F)cc1F. The van der Waals surface area contributed by atoms with E-state index in [2.05, 4.69) is 26.6 Å². The van der Waals surface area contributed by atoms with E-state index in [1.807, 2.05) is 19.1 Å². The first-order chi connectivity index (χ1) is 10.9. The van der Waals surface area contributed by atoms with Gasteiger partial charge in [-0.15, -0.1) is 0 Å². The lowest BCUT2D eigenvalue weighted by Crippen LogP contribution is -2.30.